The zero-order valence-electron chi connectivity index (χ0n) is 15.8. The summed E-state index contributed by atoms with van der Waals surface area (Å²) in [6.07, 6.45) is 3.14. The zero-order chi connectivity index (χ0) is 20.7. The van der Waals surface area contributed by atoms with Crippen LogP contribution in [-0.4, -0.2) is 45.7 Å². The molecule has 1 aliphatic carbocycles. The van der Waals surface area contributed by atoms with Crippen molar-refractivity contribution in [3.05, 3.63) is 51.5 Å². The minimum absolute atomic E-state index is 0.0766. The first kappa shape index (κ1) is 20.3. The van der Waals surface area contributed by atoms with Crippen LogP contribution < -0.4 is 0 Å². The van der Waals surface area contributed by atoms with E-state index in [9.17, 15) is 14.0 Å². The molecule has 0 bridgehead atoms. The van der Waals surface area contributed by atoms with Crippen LogP contribution in [0.3, 0.4) is 0 Å². The largest absolute Gasteiger partial charge is 0.374 e. The summed E-state index contributed by atoms with van der Waals surface area (Å²) in [5.74, 6) is 0.0383. The van der Waals surface area contributed by atoms with E-state index in [1.165, 1.54) is 25.3 Å². The Morgan fingerprint density at radius 3 is 2.48 bits per heavy atom. The summed E-state index contributed by atoms with van der Waals surface area (Å²) in [6, 6.07) is 4.11. The standard InChI is InChI=1S/C20H20Cl2FN3O3/c1-11(27)19-18(22)9-26(24-19)20(28)25-7-13-4-17(5-14(13)8-25)29-10-12-2-15(21)6-16(23)3-12/h2-3,6,9,13-14,17H,4-5,7-8,10H2,1H3/t13-,14+,17+. The molecule has 2 fully saturated rings. The molecule has 1 amide bonds. The van der Waals surface area contributed by atoms with Crippen LogP contribution in [0.4, 0.5) is 9.18 Å². The lowest BCUT2D eigenvalue weighted by Gasteiger charge is -2.19. The molecule has 1 aromatic carbocycles. The number of hydrogen-bond acceptors (Lipinski definition) is 4. The third-order valence-corrected chi connectivity index (χ3v) is 6.08. The van der Waals surface area contributed by atoms with Crippen LogP contribution in [0, 0.1) is 17.7 Å². The number of ketones is 1. The highest BCUT2D eigenvalue weighted by molar-refractivity contribution is 6.33. The summed E-state index contributed by atoms with van der Waals surface area (Å²) < 4.78 is 20.5. The van der Waals surface area contributed by atoms with E-state index in [0.29, 0.717) is 42.1 Å². The van der Waals surface area contributed by atoms with Crippen LogP contribution in [-0.2, 0) is 11.3 Å². The van der Waals surface area contributed by atoms with Crippen LogP contribution in [0.25, 0.3) is 0 Å². The fourth-order valence-corrected chi connectivity index (χ4v) is 4.79. The van der Waals surface area contributed by atoms with Gasteiger partial charge in [0.1, 0.15) is 11.5 Å². The molecule has 2 heterocycles. The van der Waals surface area contributed by atoms with Crippen molar-refractivity contribution in [3.8, 4) is 0 Å². The van der Waals surface area contributed by atoms with Crippen molar-refractivity contribution in [2.75, 3.05) is 13.1 Å². The highest BCUT2D eigenvalue weighted by atomic mass is 35.5. The summed E-state index contributed by atoms with van der Waals surface area (Å²) in [4.78, 5) is 25.9. The fourth-order valence-electron chi connectivity index (χ4n) is 4.28. The SMILES string of the molecule is CC(=O)c1nn(C(=O)N2C[C@H]3C[C@H](OCc4cc(F)cc(Cl)c4)C[C@H]3C2)cc1Cl. The van der Waals surface area contributed by atoms with E-state index >= 15 is 0 Å². The van der Waals surface area contributed by atoms with Gasteiger partial charge in [-0.15, -0.1) is 0 Å². The fraction of sp³-hybridized carbons (Fsp3) is 0.450. The second-order valence-electron chi connectivity index (χ2n) is 7.72. The second-order valence-corrected chi connectivity index (χ2v) is 8.56. The molecular weight excluding hydrogens is 420 g/mol. The Hall–Kier alpha value is -1.96. The van der Waals surface area contributed by atoms with Gasteiger partial charge in [-0.25, -0.2) is 9.18 Å². The number of hydrogen-bond donors (Lipinski definition) is 0. The number of ether oxygens (including phenoxy) is 1. The Labute approximate surface area is 177 Å². The molecule has 0 radical (unpaired) electrons. The first-order valence-corrected chi connectivity index (χ1v) is 10.2. The smallest absolute Gasteiger partial charge is 0.344 e. The van der Waals surface area contributed by atoms with Gasteiger partial charge in [0.15, 0.2) is 5.78 Å². The van der Waals surface area contributed by atoms with Crippen molar-refractivity contribution in [2.24, 2.45) is 11.8 Å². The van der Waals surface area contributed by atoms with Crippen molar-refractivity contribution in [1.29, 1.82) is 0 Å². The number of halogens is 3. The first-order valence-electron chi connectivity index (χ1n) is 9.42. The monoisotopic (exact) mass is 439 g/mol. The molecule has 9 heteroatoms. The van der Waals surface area contributed by atoms with E-state index in [1.54, 1.807) is 11.0 Å². The van der Waals surface area contributed by atoms with Gasteiger partial charge in [0.05, 0.1) is 23.9 Å². The molecular formula is C20H20Cl2FN3O3. The molecule has 1 aromatic heterocycles. The molecule has 1 saturated heterocycles. The summed E-state index contributed by atoms with van der Waals surface area (Å²) in [5.41, 5.74) is 0.811. The van der Waals surface area contributed by atoms with Gasteiger partial charge in [0.2, 0.25) is 0 Å². The van der Waals surface area contributed by atoms with Crippen LogP contribution in [0.1, 0.15) is 35.8 Å². The predicted octanol–water partition coefficient (Wildman–Crippen LogP) is 4.43. The lowest BCUT2D eigenvalue weighted by Crippen LogP contribution is -2.34. The third kappa shape index (κ3) is 4.32. The maximum absolute atomic E-state index is 13.4. The number of Topliss-reactive ketones (excluding diaryl/α,β-unsaturated/α-hetero) is 1. The van der Waals surface area contributed by atoms with Crippen molar-refractivity contribution in [2.45, 2.75) is 32.5 Å². The average Bonchev–Trinajstić information content (AvgIpc) is 3.31. The molecule has 3 atom stereocenters. The Kier molecular flexibility index (Phi) is 5.64. The molecule has 4 rings (SSSR count). The van der Waals surface area contributed by atoms with Crippen molar-refractivity contribution in [1.82, 2.24) is 14.7 Å². The molecule has 1 aliphatic heterocycles. The summed E-state index contributed by atoms with van der Waals surface area (Å²) in [6.45, 7) is 2.90. The molecule has 154 valence electrons. The van der Waals surface area contributed by atoms with Gasteiger partial charge in [-0.1, -0.05) is 23.2 Å². The third-order valence-electron chi connectivity index (χ3n) is 5.59. The number of aromatic nitrogens is 2. The number of amides is 1. The summed E-state index contributed by atoms with van der Waals surface area (Å²) >= 11 is 11.9. The van der Waals surface area contributed by atoms with Gasteiger partial charge >= 0.3 is 6.03 Å². The predicted molar refractivity (Wildman–Crippen MR) is 106 cm³/mol. The maximum Gasteiger partial charge on any atom is 0.344 e. The number of nitrogens with zero attached hydrogens (tertiary/aromatic N) is 3. The number of benzene rings is 1. The van der Waals surface area contributed by atoms with Crippen LogP contribution in [0.5, 0.6) is 0 Å². The van der Waals surface area contributed by atoms with Gasteiger partial charge < -0.3 is 9.64 Å². The normalized spacial score (nSPS) is 23.4. The van der Waals surface area contributed by atoms with Crippen molar-refractivity contribution < 1.29 is 18.7 Å². The van der Waals surface area contributed by atoms with E-state index < -0.39 is 0 Å². The van der Waals surface area contributed by atoms with E-state index in [-0.39, 0.29) is 34.5 Å². The number of fused-ring (bicyclic) bond motifs is 1. The highest BCUT2D eigenvalue weighted by Crippen LogP contribution is 2.40. The summed E-state index contributed by atoms with van der Waals surface area (Å²) in [7, 11) is 0. The van der Waals surface area contributed by atoms with Crippen molar-refractivity contribution in [3.63, 3.8) is 0 Å². The average molecular weight is 440 g/mol. The number of likely N-dealkylation sites (tertiary alicyclic amines) is 1. The Balaban J connectivity index is 1.32. The molecule has 2 aliphatic rings. The molecule has 0 spiro atoms. The summed E-state index contributed by atoms with van der Waals surface area (Å²) in [5, 5.41) is 4.55. The Bertz CT molecular complexity index is 930. The van der Waals surface area contributed by atoms with Gasteiger partial charge in [0.25, 0.3) is 0 Å². The van der Waals surface area contributed by atoms with E-state index in [0.717, 1.165) is 17.5 Å². The van der Waals surface area contributed by atoms with Gasteiger partial charge in [-0.2, -0.15) is 9.78 Å². The number of rotatable bonds is 4. The first-order chi connectivity index (χ1) is 13.8. The van der Waals surface area contributed by atoms with E-state index in [4.69, 9.17) is 27.9 Å². The van der Waals surface area contributed by atoms with Crippen LogP contribution in [0.2, 0.25) is 10.0 Å². The lowest BCUT2D eigenvalue weighted by molar-refractivity contribution is 0.0382. The Morgan fingerprint density at radius 2 is 1.90 bits per heavy atom. The molecule has 2 aromatic rings. The minimum atomic E-state index is -0.375. The van der Waals surface area contributed by atoms with Gasteiger partial charge in [-0.3, -0.25) is 4.79 Å². The van der Waals surface area contributed by atoms with Crippen LogP contribution in [0.15, 0.2) is 24.4 Å². The molecule has 29 heavy (non-hydrogen) atoms. The topological polar surface area (TPSA) is 64.4 Å². The molecule has 0 N–H and O–H groups in total. The van der Waals surface area contributed by atoms with Gasteiger partial charge in [-0.05, 0) is 48.4 Å². The lowest BCUT2D eigenvalue weighted by atomic mass is 10.0. The minimum Gasteiger partial charge on any atom is -0.374 e. The van der Waals surface area contributed by atoms with Gasteiger partial charge in [0, 0.05) is 25.0 Å². The number of carbonyl (C=O) groups is 2. The zero-order valence-corrected chi connectivity index (χ0v) is 17.3. The highest BCUT2D eigenvalue weighted by Gasteiger charge is 2.43. The number of carbonyl (C=O) groups excluding carboxylic acids is 2. The van der Waals surface area contributed by atoms with Crippen molar-refractivity contribution >= 4 is 35.0 Å². The molecule has 1 saturated carbocycles. The van der Waals surface area contributed by atoms with E-state index in [1.807, 2.05) is 0 Å². The van der Waals surface area contributed by atoms with Crippen LogP contribution >= 0.6 is 23.2 Å². The maximum atomic E-state index is 13.4. The molecule has 0 unspecified atom stereocenters. The molecule has 6 nitrogen and oxygen atoms in total. The second kappa shape index (κ2) is 8.05. The Morgan fingerprint density at radius 1 is 1.21 bits per heavy atom. The van der Waals surface area contributed by atoms with E-state index in [2.05, 4.69) is 5.10 Å². The quantitative estimate of drug-likeness (QED) is 0.661.